The minimum atomic E-state index is -0.468. The Hall–Kier alpha value is -2.21. The summed E-state index contributed by atoms with van der Waals surface area (Å²) in [5, 5.41) is 16.5. The molecule has 1 rings (SSSR count). The van der Waals surface area contributed by atoms with E-state index in [9.17, 15) is 14.9 Å². The summed E-state index contributed by atoms with van der Waals surface area (Å²) < 4.78 is 0. The third-order valence-corrected chi connectivity index (χ3v) is 2.45. The number of nitrogens with one attached hydrogen (secondary N) is 2. The monoisotopic (exact) mass is 263 g/mol. The molecule has 0 fully saturated rings. The first-order valence-corrected chi connectivity index (χ1v) is 5.99. The van der Waals surface area contributed by atoms with E-state index in [1.54, 1.807) is 18.2 Å². The van der Waals surface area contributed by atoms with Crippen molar-refractivity contribution >= 4 is 17.7 Å². The molecule has 0 aliphatic carbocycles. The number of carbonyl (C=O) groups excluding carboxylic acids is 1. The molecule has 2 N–H and O–H groups in total. The first-order chi connectivity index (χ1) is 9.15. The van der Waals surface area contributed by atoms with Crippen LogP contribution in [0, 0.1) is 10.1 Å². The SMILES string of the molecule is CNCCCNC(=O)/C=C/c1ccccc1[N+](=O)[O-]. The third-order valence-electron chi connectivity index (χ3n) is 2.45. The summed E-state index contributed by atoms with van der Waals surface area (Å²) in [6.07, 6.45) is 3.59. The molecule has 0 unspecified atom stereocenters. The summed E-state index contributed by atoms with van der Waals surface area (Å²) in [4.78, 5) is 21.8. The maximum absolute atomic E-state index is 11.5. The van der Waals surface area contributed by atoms with Gasteiger partial charge in [-0.1, -0.05) is 12.1 Å². The summed E-state index contributed by atoms with van der Waals surface area (Å²) in [6.45, 7) is 1.40. The number of para-hydroxylation sites is 1. The summed E-state index contributed by atoms with van der Waals surface area (Å²) >= 11 is 0. The Morgan fingerprint density at radius 2 is 2.11 bits per heavy atom. The summed E-state index contributed by atoms with van der Waals surface area (Å²) in [6, 6.07) is 6.29. The lowest BCUT2D eigenvalue weighted by Gasteiger charge is -2.01. The van der Waals surface area contributed by atoms with Crippen molar-refractivity contribution in [1.82, 2.24) is 10.6 Å². The lowest BCUT2D eigenvalue weighted by Crippen LogP contribution is -2.24. The fourth-order valence-electron chi connectivity index (χ4n) is 1.50. The second kappa shape index (κ2) is 7.99. The molecule has 6 nitrogen and oxygen atoms in total. The number of amides is 1. The molecule has 0 atom stereocenters. The summed E-state index contributed by atoms with van der Waals surface area (Å²) in [5.41, 5.74) is 0.402. The molecule has 0 aliphatic heterocycles. The zero-order chi connectivity index (χ0) is 14.1. The van der Waals surface area contributed by atoms with Crippen LogP contribution in [0.3, 0.4) is 0 Å². The number of benzene rings is 1. The highest BCUT2D eigenvalue weighted by Crippen LogP contribution is 2.18. The maximum atomic E-state index is 11.5. The van der Waals surface area contributed by atoms with Gasteiger partial charge in [-0.2, -0.15) is 0 Å². The molecule has 0 radical (unpaired) electrons. The van der Waals surface area contributed by atoms with Gasteiger partial charge in [-0.3, -0.25) is 14.9 Å². The smallest absolute Gasteiger partial charge is 0.276 e. The molecule has 1 aromatic rings. The lowest BCUT2D eigenvalue weighted by molar-refractivity contribution is -0.385. The molecule has 0 bridgehead atoms. The van der Waals surface area contributed by atoms with Crippen LogP contribution in [-0.2, 0) is 4.79 Å². The molecule has 19 heavy (non-hydrogen) atoms. The van der Waals surface area contributed by atoms with Gasteiger partial charge >= 0.3 is 0 Å². The standard InChI is InChI=1S/C13H17N3O3/c1-14-9-4-10-15-13(17)8-7-11-5-2-3-6-12(11)16(18)19/h2-3,5-8,14H,4,9-10H2,1H3,(H,15,17)/b8-7+. The fraction of sp³-hybridized carbons (Fsp3) is 0.308. The quantitative estimate of drug-likeness (QED) is 0.336. The van der Waals surface area contributed by atoms with Gasteiger partial charge in [-0.05, 0) is 32.2 Å². The van der Waals surface area contributed by atoms with Crippen molar-refractivity contribution in [3.63, 3.8) is 0 Å². The van der Waals surface area contributed by atoms with Crippen LogP contribution >= 0.6 is 0 Å². The van der Waals surface area contributed by atoms with Gasteiger partial charge in [0.15, 0.2) is 0 Å². The molecule has 0 saturated heterocycles. The number of hydrogen-bond donors (Lipinski definition) is 2. The second-order valence-electron chi connectivity index (χ2n) is 3.90. The molecule has 6 heteroatoms. The van der Waals surface area contributed by atoms with E-state index in [4.69, 9.17) is 0 Å². The van der Waals surface area contributed by atoms with E-state index in [0.29, 0.717) is 12.1 Å². The zero-order valence-corrected chi connectivity index (χ0v) is 10.8. The van der Waals surface area contributed by atoms with Gasteiger partial charge in [0, 0.05) is 18.7 Å². The Labute approximate surface area is 111 Å². The van der Waals surface area contributed by atoms with Crippen LogP contribution in [0.1, 0.15) is 12.0 Å². The van der Waals surface area contributed by atoms with Gasteiger partial charge < -0.3 is 10.6 Å². The van der Waals surface area contributed by atoms with Crippen LogP contribution in [0.15, 0.2) is 30.3 Å². The van der Waals surface area contributed by atoms with Crippen molar-refractivity contribution in [3.8, 4) is 0 Å². The van der Waals surface area contributed by atoms with E-state index in [0.717, 1.165) is 13.0 Å². The van der Waals surface area contributed by atoms with E-state index in [1.807, 2.05) is 7.05 Å². The average Bonchev–Trinajstić information content (AvgIpc) is 2.41. The predicted octanol–water partition coefficient (Wildman–Crippen LogP) is 1.33. The normalized spacial score (nSPS) is 10.6. The number of nitrogens with zero attached hydrogens (tertiary/aromatic N) is 1. The topological polar surface area (TPSA) is 84.3 Å². The Morgan fingerprint density at radius 3 is 2.79 bits per heavy atom. The zero-order valence-electron chi connectivity index (χ0n) is 10.8. The van der Waals surface area contributed by atoms with Crippen molar-refractivity contribution < 1.29 is 9.72 Å². The molecule has 0 aromatic heterocycles. The molecule has 1 aromatic carbocycles. The van der Waals surface area contributed by atoms with Gasteiger partial charge in [-0.15, -0.1) is 0 Å². The molecule has 0 heterocycles. The number of nitro groups is 1. The van der Waals surface area contributed by atoms with Crippen molar-refractivity contribution in [2.45, 2.75) is 6.42 Å². The molecule has 0 saturated carbocycles. The van der Waals surface area contributed by atoms with E-state index < -0.39 is 4.92 Å². The molecule has 0 spiro atoms. The number of hydrogen-bond acceptors (Lipinski definition) is 4. The lowest BCUT2D eigenvalue weighted by atomic mass is 10.1. The highest BCUT2D eigenvalue weighted by Gasteiger charge is 2.09. The summed E-state index contributed by atoms with van der Waals surface area (Å²) in [5.74, 6) is -0.255. The van der Waals surface area contributed by atoms with Crippen LogP contribution < -0.4 is 10.6 Å². The van der Waals surface area contributed by atoms with Crippen molar-refractivity contribution in [3.05, 3.63) is 46.0 Å². The van der Waals surface area contributed by atoms with Gasteiger partial charge in [0.25, 0.3) is 5.69 Å². The summed E-state index contributed by atoms with van der Waals surface area (Å²) in [7, 11) is 1.84. The van der Waals surface area contributed by atoms with Crippen molar-refractivity contribution in [1.29, 1.82) is 0 Å². The number of carbonyl (C=O) groups is 1. The maximum Gasteiger partial charge on any atom is 0.276 e. The Morgan fingerprint density at radius 1 is 1.37 bits per heavy atom. The van der Waals surface area contributed by atoms with Crippen molar-refractivity contribution in [2.24, 2.45) is 0 Å². The van der Waals surface area contributed by atoms with E-state index in [1.165, 1.54) is 18.2 Å². The van der Waals surface area contributed by atoms with Gasteiger partial charge in [0.05, 0.1) is 10.5 Å². The van der Waals surface area contributed by atoms with E-state index in [-0.39, 0.29) is 11.6 Å². The van der Waals surface area contributed by atoms with Crippen molar-refractivity contribution in [2.75, 3.05) is 20.1 Å². The first-order valence-electron chi connectivity index (χ1n) is 5.99. The minimum absolute atomic E-state index is 0.0123. The van der Waals surface area contributed by atoms with Crippen LogP contribution in [0.2, 0.25) is 0 Å². The highest BCUT2D eigenvalue weighted by atomic mass is 16.6. The van der Waals surface area contributed by atoms with Gasteiger partial charge in [-0.25, -0.2) is 0 Å². The fourth-order valence-corrected chi connectivity index (χ4v) is 1.50. The van der Waals surface area contributed by atoms with Gasteiger partial charge in [0.1, 0.15) is 0 Å². The second-order valence-corrected chi connectivity index (χ2v) is 3.90. The Balaban J connectivity index is 2.56. The van der Waals surface area contributed by atoms with Crippen LogP contribution in [0.5, 0.6) is 0 Å². The third kappa shape index (κ3) is 5.31. The molecule has 0 aliphatic rings. The Bertz CT molecular complexity index is 472. The molecular weight excluding hydrogens is 246 g/mol. The number of nitro benzene ring substituents is 1. The Kier molecular flexibility index (Phi) is 6.25. The van der Waals surface area contributed by atoms with E-state index in [2.05, 4.69) is 10.6 Å². The van der Waals surface area contributed by atoms with Crippen LogP contribution in [0.25, 0.3) is 6.08 Å². The first kappa shape index (κ1) is 14.8. The van der Waals surface area contributed by atoms with Crippen LogP contribution in [0.4, 0.5) is 5.69 Å². The van der Waals surface area contributed by atoms with Crippen LogP contribution in [-0.4, -0.2) is 31.0 Å². The molecular formula is C13H17N3O3. The number of rotatable bonds is 7. The van der Waals surface area contributed by atoms with E-state index >= 15 is 0 Å². The van der Waals surface area contributed by atoms with Gasteiger partial charge in [0.2, 0.25) is 5.91 Å². The largest absolute Gasteiger partial charge is 0.353 e. The average molecular weight is 263 g/mol. The molecule has 102 valence electrons. The minimum Gasteiger partial charge on any atom is -0.353 e. The highest BCUT2D eigenvalue weighted by molar-refractivity contribution is 5.92. The predicted molar refractivity (Wildman–Crippen MR) is 73.7 cm³/mol. The molecule has 1 amide bonds.